The van der Waals surface area contributed by atoms with E-state index in [-0.39, 0.29) is 0 Å². The van der Waals surface area contributed by atoms with Crippen molar-refractivity contribution in [3.63, 3.8) is 0 Å². The molecule has 2 aliphatic rings. The molecule has 1 heterocycles. The van der Waals surface area contributed by atoms with E-state index >= 15 is 0 Å². The summed E-state index contributed by atoms with van der Waals surface area (Å²) in [7, 11) is 0. The highest BCUT2D eigenvalue weighted by Crippen LogP contribution is 2.25. The standard InChI is InChI=1S/C13H25N3O/c1-2-14-13(15-8-11-4-3-5-11)16-9-12-6-7-17-10-12/h11-12H,2-10H2,1H3,(H2,14,15,16). The van der Waals surface area contributed by atoms with Gasteiger partial charge in [-0.15, -0.1) is 0 Å². The molecule has 0 aromatic carbocycles. The molecular formula is C13H25N3O. The van der Waals surface area contributed by atoms with Crippen molar-refractivity contribution in [3.05, 3.63) is 0 Å². The van der Waals surface area contributed by atoms with E-state index in [9.17, 15) is 0 Å². The van der Waals surface area contributed by atoms with Crippen LogP contribution in [0.1, 0.15) is 32.6 Å². The molecule has 0 bridgehead atoms. The fraction of sp³-hybridized carbons (Fsp3) is 0.923. The Morgan fingerprint density at radius 2 is 2.12 bits per heavy atom. The highest BCUT2D eigenvalue weighted by atomic mass is 16.5. The van der Waals surface area contributed by atoms with Crippen molar-refractivity contribution in [2.45, 2.75) is 32.6 Å². The van der Waals surface area contributed by atoms with E-state index in [1.165, 1.54) is 19.3 Å². The average molecular weight is 239 g/mol. The zero-order valence-electron chi connectivity index (χ0n) is 10.9. The average Bonchev–Trinajstić information content (AvgIpc) is 2.76. The second-order valence-electron chi connectivity index (χ2n) is 5.13. The van der Waals surface area contributed by atoms with E-state index < -0.39 is 0 Å². The van der Waals surface area contributed by atoms with Crippen molar-refractivity contribution >= 4 is 5.96 Å². The van der Waals surface area contributed by atoms with Gasteiger partial charge >= 0.3 is 0 Å². The molecule has 0 amide bonds. The highest BCUT2D eigenvalue weighted by Gasteiger charge is 2.18. The van der Waals surface area contributed by atoms with Crippen molar-refractivity contribution in [3.8, 4) is 0 Å². The molecule has 0 aromatic heterocycles. The lowest BCUT2D eigenvalue weighted by atomic mass is 9.85. The molecule has 1 aliphatic carbocycles. The van der Waals surface area contributed by atoms with Gasteiger partial charge in [-0.3, -0.25) is 4.99 Å². The summed E-state index contributed by atoms with van der Waals surface area (Å²) in [5.74, 6) is 2.47. The number of nitrogens with zero attached hydrogens (tertiary/aromatic N) is 1. The van der Waals surface area contributed by atoms with E-state index in [1.807, 2.05) is 0 Å². The van der Waals surface area contributed by atoms with E-state index in [0.717, 1.165) is 51.1 Å². The predicted molar refractivity (Wildman–Crippen MR) is 70.2 cm³/mol. The molecule has 0 radical (unpaired) electrons. The number of ether oxygens (including phenoxy) is 1. The highest BCUT2D eigenvalue weighted by molar-refractivity contribution is 5.79. The molecule has 1 saturated heterocycles. The largest absolute Gasteiger partial charge is 0.381 e. The van der Waals surface area contributed by atoms with Crippen LogP contribution in [0.2, 0.25) is 0 Å². The lowest BCUT2D eigenvalue weighted by Gasteiger charge is -2.26. The van der Waals surface area contributed by atoms with Crippen LogP contribution < -0.4 is 10.6 Å². The SMILES string of the molecule is CCNC(=NCC1CCOC1)NCC1CCC1. The van der Waals surface area contributed by atoms with Gasteiger partial charge in [0, 0.05) is 32.2 Å². The Balaban J connectivity index is 1.70. The summed E-state index contributed by atoms with van der Waals surface area (Å²) >= 11 is 0. The van der Waals surface area contributed by atoms with Crippen molar-refractivity contribution < 1.29 is 4.74 Å². The van der Waals surface area contributed by atoms with Crippen molar-refractivity contribution in [1.29, 1.82) is 0 Å². The Hall–Kier alpha value is -0.770. The maximum Gasteiger partial charge on any atom is 0.191 e. The van der Waals surface area contributed by atoms with Gasteiger partial charge in [0.25, 0.3) is 0 Å². The van der Waals surface area contributed by atoms with Gasteiger partial charge in [-0.2, -0.15) is 0 Å². The fourth-order valence-corrected chi connectivity index (χ4v) is 2.23. The molecule has 0 spiro atoms. The number of hydrogen-bond acceptors (Lipinski definition) is 2. The summed E-state index contributed by atoms with van der Waals surface area (Å²) in [6, 6.07) is 0. The van der Waals surface area contributed by atoms with Crippen LogP contribution in [0, 0.1) is 11.8 Å². The zero-order valence-corrected chi connectivity index (χ0v) is 10.9. The summed E-state index contributed by atoms with van der Waals surface area (Å²) in [6.07, 6.45) is 5.32. The van der Waals surface area contributed by atoms with Crippen LogP contribution in [-0.4, -0.2) is 38.8 Å². The first-order valence-corrected chi connectivity index (χ1v) is 6.98. The Morgan fingerprint density at radius 1 is 1.24 bits per heavy atom. The quantitative estimate of drug-likeness (QED) is 0.563. The minimum atomic E-state index is 0.620. The lowest BCUT2D eigenvalue weighted by molar-refractivity contribution is 0.187. The van der Waals surface area contributed by atoms with Crippen molar-refractivity contribution in [2.75, 3.05) is 32.8 Å². The molecule has 4 nitrogen and oxygen atoms in total. The van der Waals surface area contributed by atoms with E-state index in [2.05, 4.69) is 22.5 Å². The Morgan fingerprint density at radius 3 is 2.71 bits per heavy atom. The first-order chi connectivity index (χ1) is 8.38. The molecule has 1 aliphatic heterocycles. The third-order valence-electron chi connectivity index (χ3n) is 3.66. The van der Waals surface area contributed by atoms with Gasteiger partial charge in [0.2, 0.25) is 0 Å². The monoisotopic (exact) mass is 239 g/mol. The van der Waals surface area contributed by atoms with Crippen LogP contribution >= 0.6 is 0 Å². The third kappa shape index (κ3) is 4.19. The van der Waals surface area contributed by atoms with E-state index in [0.29, 0.717) is 5.92 Å². The maximum atomic E-state index is 5.36. The molecule has 1 saturated carbocycles. The van der Waals surface area contributed by atoms with Crippen molar-refractivity contribution in [2.24, 2.45) is 16.8 Å². The minimum absolute atomic E-state index is 0.620. The number of guanidine groups is 1. The Kier molecular flexibility index (Phi) is 5.10. The van der Waals surface area contributed by atoms with Gasteiger partial charge in [0.15, 0.2) is 5.96 Å². The van der Waals surface area contributed by atoms with Crippen LogP contribution in [0.4, 0.5) is 0 Å². The molecule has 2 rings (SSSR count). The summed E-state index contributed by atoms with van der Waals surface area (Å²) in [5.41, 5.74) is 0. The van der Waals surface area contributed by atoms with Crippen LogP contribution in [-0.2, 0) is 4.74 Å². The molecule has 1 atom stereocenters. The maximum absolute atomic E-state index is 5.36. The Labute approximate surface area is 104 Å². The number of nitrogens with one attached hydrogen (secondary N) is 2. The number of hydrogen-bond donors (Lipinski definition) is 2. The van der Waals surface area contributed by atoms with Gasteiger partial charge in [0.05, 0.1) is 6.61 Å². The van der Waals surface area contributed by atoms with Gasteiger partial charge in [-0.1, -0.05) is 6.42 Å². The summed E-state index contributed by atoms with van der Waals surface area (Å²) in [4.78, 5) is 4.64. The van der Waals surface area contributed by atoms with E-state index in [1.54, 1.807) is 0 Å². The molecule has 17 heavy (non-hydrogen) atoms. The summed E-state index contributed by atoms with van der Waals surface area (Å²) < 4.78 is 5.36. The molecule has 0 aromatic rings. The van der Waals surface area contributed by atoms with Crippen LogP contribution in [0.15, 0.2) is 4.99 Å². The normalized spacial score (nSPS) is 25.7. The first-order valence-electron chi connectivity index (χ1n) is 6.98. The van der Waals surface area contributed by atoms with Crippen LogP contribution in [0.25, 0.3) is 0 Å². The van der Waals surface area contributed by atoms with Crippen molar-refractivity contribution in [1.82, 2.24) is 10.6 Å². The van der Waals surface area contributed by atoms with Crippen LogP contribution in [0.5, 0.6) is 0 Å². The molecular weight excluding hydrogens is 214 g/mol. The third-order valence-corrected chi connectivity index (χ3v) is 3.66. The lowest BCUT2D eigenvalue weighted by Crippen LogP contribution is -2.41. The summed E-state index contributed by atoms with van der Waals surface area (Å²) in [5, 5.41) is 6.75. The minimum Gasteiger partial charge on any atom is -0.381 e. The summed E-state index contributed by atoms with van der Waals surface area (Å²) in [6.45, 7) is 6.79. The zero-order chi connectivity index (χ0) is 11.9. The second kappa shape index (κ2) is 6.84. The second-order valence-corrected chi connectivity index (χ2v) is 5.13. The van der Waals surface area contributed by atoms with E-state index in [4.69, 9.17) is 4.74 Å². The molecule has 2 fully saturated rings. The Bertz CT molecular complexity index is 245. The van der Waals surface area contributed by atoms with Gasteiger partial charge in [-0.25, -0.2) is 0 Å². The molecule has 2 N–H and O–H groups in total. The smallest absolute Gasteiger partial charge is 0.191 e. The number of aliphatic imine (C=N–C) groups is 1. The van der Waals surface area contributed by atoms with Crippen LogP contribution in [0.3, 0.4) is 0 Å². The topological polar surface area (TPSA) is 45.7 Å². The molecule has 1 unspecified atom stereocenters. The van der Waals surface area contributed by atoms with Gasteiger partial charge in [0.1, 0.15) is 0 Å². The van der Waals surface area contributed by atoms with Gasteiger partial charge in [-0.05, 0) is 32.1 Å². The van der Waals surface area contributed by atoms with Gasteiger partial charge < -0.3 is 15.4 Å². The molecule has 98 valence electrons. The fourth-order valence-electron chi connectivity index (χ4n) is 2.23. The molecule has 4 heteroatoms. The number of rotatable bonds is 5. The first kappa shape index (κ1) is 12.7. The predicted octanol–water partition coefficient (Wildman–Crippen LogP) is 1.38.